The highest BCUT2D eigenvalue weighted by Gasteiger charge is 2.20. The molecule has 206 valence electrons. The summed E-state index contributed by atoms with van der Waals surface area (Å²) in [5.74, 6) is 2.94. The normalized spacial score (nSPS) is 13.4. The van der Waals surface area contributed by atoms with Gasteiger partial charge in [-0.2, -0.15) is 10.4 Å². The SMILES string of the molecule is N#CC(=CCCCCCCC1CC1)CNCCn1nc(-c2ccc(Oc3ccccc3)cc2)c2c(N)ncnc21. The first-order valence-corrected chi connectivity index (χ1v) is 14.3. The van der Waals surface area contributed by atoms with Crippen LogP contribution in [0.25, 0.3) is 22.3 Å². The van der Waals surface area contributed by atoms with Crippen LogP contribution in [0, 0.1) is 17.2 Å². The Balaban J connectivity index is 1.16. The number of nitrogens with one attached hydrogen (secondary N) is 1. The molecule has 1 saturated carbocycles. The molecule has 4 aromatic rings. The number of aromatic nitrogens is 4. The van der Waals surface area contributed by atoms with Crippen LogP contribution < -0.4 is 15.8 Å². The van der Waals surface area contributed by atoms with Gasteiger partial charge in [0.05, 0.1) is 18.0 Å². The molecule has 40 heavy (non-hydrogen) atoms. The fraction of sp³-hybridized carbons (Fsp3) is 0.375. The predicted octanol–water partition coefficient (Wildman–Crippen LogP) is 6.66. The molecule has 2 aromatic carbocycles. The van der Waals surface area contributed by atoms with Crippen molar-refractivity contribution in [3.8, 4) is 28.8 Å². The fourth-order valence-corrected chi connectivity index (χ4v) is 4.87. The van der Waals surface area contributed by atoms with E-state index in [4.69, 9.17) is 15.6 Å². The lowest BCUT2D eigenvalue weighted by Crippen LogP contribution is -2.22. The van der Waals surface area contributed by atoms with Gasteiger partial charge in [-0.05, 0) is 55.2 Å². The Morgan fingerprint density at radius 2 is 1.80 bits per heavy atom. The lowest BCUT2D eigenvalue weighted by Gasteiger charge is -2.06. The number of para-hydroxylation sites is 1. The van der Waals surface area contributed by atoms with Gasteiger partial charge in [0.15, 0.2) is 5.65 Å². The average molecular weight is 536 g/mol. The molecule has 0 saturated heterocycles. The maximum atomic E-state index is 9.54. The van der Waals surface area contributed by atoms with E-state index in [2.05, 4.69) is 27.4 Å². The summed E-state index contributed by atoms with van der Waals surface area (Å²) < 4.78 is 7.77. The van der Waals surface area contributed by atoms with E-state index in [1.54, 1.807) is 0 Å². The van der Waals surface area contributed by atoms with Crippen LogP contribution in [0.4, 0.5) is 5.82 Å². The van der Waals surface area contributed by atoms with Gasteiger partial charge in [-0.3, -0.25) is 0 Å². The van der Waals surface area contributed by atoms with Gasteiger partial charge < -0.3 is 15.8 Å². The lowest BCUT2D eigenvalue weighted by atomic mass is 10.1. The molecular formula is C32H37N7O. The molecular weight excluding hydrogens is 498 g/mol. The van der Waals surface area contributed by atoms with Crippen LogP contribution >= 0.6 is 0 Å². The predicted molar refractivity (Wildman–Crippen MR) is 159 cm³/mol. The van der Waals surface area contributed by atoms with Crippen molar-refractivity contribution in [2.75, 3.05) is 18.8 Å². The number of nitrogens with two attached hydrogens (primary N) is 1. The number of ether oxygens (including phenoxy) is 1. The van der Waals surface area contributed by atoms with Gasteiger partial charge in [-0.1, -0.05) is 62.8 Å². The number of fused-ring (bicyclic) bond motifs is 1. The van der Waals surface area contributed by atoms with Crippen molar-refractivity contribution in [3.05, 3.63) is 72.6 Å². The van der Waals surface area contributed by atoms with Crippen molar-refractivity contribution in [3.63, 3.8) is 0 Å². The Morgan fingerprint density at radius 3 is 2.58 bits per heavy atom. The lowest BCUT2D eigenvalue weighted by molar-refractivity contribution is 0.483. The standard InChI is InChI=1S/C32H37N7O/c33-21-25(10-6-3-1-2-5-9-24-13-14-24)22-35-19-20-39-32-29(31(34)36-23-37-32)30(38-39)26-15-17-28(18-16-26)40-27-11-7-4-8-12-27/h4,7-8,10-12,15-18,23-24,35H,1-3,5-6,9,13-14,19-20,22H2,(H2,34,36,37). The Labute approximate surface area is 235 Å². The monoisotopic (exact) mass is 535 g/mol. The molecule has 0 radical (unpaired) electrons. The average Bonchev–Trinajstić information content (AvgIpc) is 3.74. The third-order valence-corrected chi connectivity index (χ3v) is 7.28. The maximum absolute atomic E-state index is 9.54. The summed E-state index contributed by atoms with van der Waals surface area (Å²) in [5, 5.41) is 18.5. The smallest absolute Gasteiger partial charge is 0.164 e. The summed E-state index contributed by atoms with van der Waals surface area (Å²) in [6.07, 6.45) is 13.9. The minimum atomic E-state index is 0.395. The Morgan fingerprint density at radius 1 is 1.02 bits per heavy atom. The van der Waals surface area contributed by atoms with Gasteiger partial charge in [0.25, 0.3) is 0 Å². The zero-order chi connectivity index (χ0) is 27.6. The molecule has 0 amide bonds. The fourth-order valence-electron chi connectivity index (χ4n) is 4.87. The van der Waals surface area contributed by atoms with Crippen molar-refractivity contribution in [1.82, 2.24) is 25.1 Å². The highest BCUT2D eigenvalue weighted by molar-refractivity contribution is 5.98. The third-order valence-electron chi connectivity index (χ3n) is 7.28. The first kappa shape index (κ1) is 27.4. The molecule has 5 rings (SSSR count). The van der Waals surface area contributed by atoms with Crippen molar-refractivity contribution in [1.29, 1.82) is 5.26 Å². The van der Waals surface area contributed by atoms with Crippen LogP contribution in [0.1, 0.15) is 51.4 Å². The van der Waals surface area contributed by atoms with E-state index in [-0.39, 0.29) is 0 Å². The van der Waals surface area contributed by atoms with E-state index in [9.17, 15) is 5.26 Å². The zero-order valence-corrected chi connectivity index (χ0v) is 22.9. The van der Waals surface area contributed by atoms with E-state index in [1.807, 2.05) is 59.3 Å². The Hall–Kier alpha value is -4.22. The largest absolute Gasteiger partial charge is 0.457 e. The number of anilines is 1. The first-order chi connectivity index (χ1) is 19.7. The number of nitrogen functional groups attached to an aromatic ring is 1. The second kappa shape index (κ2) is 13.7. The number of hydrogen-bond donors (Lipinski definition) is 2. The molecule has 1 fully saturated rings. The second-order valence-corrected chi connectivity index (χ2v) is 10.4. The highest BCUT2D eigenvalue weighted by atomic mass is 16.5. The minimum absolute atomic E-state index is 0.395. The topological polar surface area (TPSA) is 115 Å². The summed E-state index contributed by atoms with van der Waals surface area (Å²) in [6.45, 7) is 1.77. The molecule has 2 aromatic heterocycles. The summed E-state index contributed by atoms with van der Waals surface area (Å²) in [5.41, 5.74) is 9.37. The van der Waals surface area contributed by atoms with Crippen LogP contribution in [-0.2, 0) is 6.54 Å². The van der Waals surface area contributed by atoms with Crippen LogP contribution in [0.2, 0.25) is 0 Å². The number of unbranched alkanes of at least 4 members (excludes halogenated alkanes) is 4. The van der Waals surface area contributed by atoms with Gasteiger partial charge in [-0.15, -0.1) is 0 Å². The Bertz CT molecular complexity index is 1450. The van der Waals surface area contributed by atoms with E-state index in [1.165, 1.54) is 44.9 Å². The van der Waals surface area contributed by atoms with E-state index < -0.39 is 0 Å². The quantitative estimate of drug-likeness (QED) is 0.129. The molecule has 0 bridgehead atoms. The van der Waals surface area contributed by atoms with Crippen molar-refractivity contribution in [2.24, 2.45) is 5.92 Å². The first-order valence-electron chi connectivity index (χ1n) is 14.3. The molecule has 8 heteroatoms. The van der Waals surface area contributed by atoms with Crippen molar-refractivity contribution in [2.45, 2.75) is 57.9 Å². The third kappa shape index (κ3) is 7.45. The second-order valence-electron chi connectivity index (χ2n) is 10.4. The van der Waals surface area contributed by atoms with E-state index in [0.717, 1.165) is 52.5 Å². The van der Waals surface area contributed by atoms with Crippen LogP contribution in [-0.4, -0.2) is 32.8 Å². The maximum Gasteiger partial charge on any atom is 0.164 e. The molecule has 0 atom stereocenters. The molecule has 8 nitrogen and oxygen atoms in total. The highest BCUT2D eigenvalue weighted by Crippen LogP contribution is 2.34. The summed E-state index contributed by atoms with van der Waals surface area (Å²) in [6, 6.07) is 19.8. The molecule has 1 aliphatic carbocycles. The summed E-state index contributed by atoms with van der Waals surface area (Å²) in [7, 11) is 0. The zero-order valence-electron chi connectivity index (χ0n) is 22.9. The number of allylic oxidation sites excluding steroid dienone is 1. The van der Waals surface area contributed by atoms with Crippen LogP contribution in [0.15, 0.2) is 72.6 Å². The van der Waals surface area contributed by atoms with Crippen molar-refractivity contribution >= 4 is 16.9 Å². The number of rotatable bonds is 15. The van der Waals surface area contributed by atoms with Gasteiger partial charge in [-0.25, -0.2) is 14.6 Å². The van der Waals surface area contributed by atoms with Gasteiger partial charge in [0.1, 0.15) is 29.3 Å². The number of hydrogen-bond acceptors (Lipinski definition) is 7. The molecule has 1 aliphatic rings. The van der Waals surface area contributed by atoms with E-state index >= 15 is 0 Å². The summed E-state index contributed by atoms with van der Waals surface area (Å²) in [4.78, 5) is 8.67. The molecule has 0 spiro atoms. The van der Waals surface area contributed by atoms with Gasteiger partial charge in [0.2, 0.25) is 0 Å². The molecule has 2 heterocycles. The molecule has 0 unspecified atom stereocenters. The number of nitriles is 1. The van der Waals surface area contributed by atoms with Crippen LogP contribution in [0.3, 0.4) is 0 Å². The van der Waals surface area contributed by atoms with E-state index in [0.29, 0.717) is 31.1 Å². The molecule has 0 aliphatic heterocycles. The van der Waals surface area contributed by atoms with Gasteiger partial charge in [0, 0.05) is 24.2 Å². The van der Waals surface area contributed by atoms with Crippen LogP contribution in [0.5, 0.6) is 11.5 Å². The summed E-state index contributed by atoms with van der Waals surface area (Å²) >= 11 is 0. The number of benzene rings is 2. The van der Waals surface area contributed by atoms with Crippen molar-refractivity contribution < 1.29 is 4.74 Å². The number of nitrogens with zero attached hydrogens (tertiary/aromatic N) is 5. The minimum Gasteiger partial charge on any atom is -0.457 e. The Kier molecular flexibility index (Phi) is 9.38. The van der Waals surface area contributed by atoms with Gasteiger partial charge >= 0.3 is 0 Å². The molecule has 3 N–H and O–H groups in total.